The van der Waals surface area contributed by atoms with Gasteiger partial charge in [0.05, 0.1) is 15.7 Å². The first-order valence-electron chi connectivity index (χ1n) is 6.28. The molecule has 0 fully saturated rings. The fourth-order valence-corrected chi connectivity index (χ4v) is 4.35. The van der Waals surface area contributed by atoms with Crippen molar-refractivity contribution in [3.8, 4) is 11.1 Å². The van der Waals surface area contributed by atoms with Gasteiger partial charge in [-0.3, -0.25) is 4.21 Å². The Kier molecular flexibility index (Phi) is 3.72. The monoisotopic (exact) mass is 344 g/mol. The SMILES string of the molecule is CS(=O)c1c(Br)cccc1-c1cccc2ccccc12. The zero-order valence-corrected chi connectivity index (χ0v) is 13.4. The van der Waals surface area contributed by atoms with Gasteiger partial charge >= 0.3 is 0 Å². The van der Waals surface area contributed by atoms with Crippen molar-refractivity contribution in [2.45, 2.75) is 4.90 Å². The van der Waals surface area contributed by atoms with Crippen molar-refractivity contribution in [3.05, 3.63) is 65.1 Å². The van der Waals surface area contributed by atoms with Crippen LogP contribution in [-0.4, -0.2) is 10.5 Å². The highest BCUT2D eigenvalue weighted by atomic mass is 79.9. The maximum absolute atomic E-state index is 12.1. The van der Waals surface area contributed by atoms with Crippen molar-refractivity contribution in [3.63, 3.8) is 0 Å². The van der Waals surface area contributed by atoms with Crippen molar-refractivity contribution in [2.75, 3.05) is 6.26 Å². The second kappa shape index (κ2) is 5.51. The summed E-state index contributed by atoms with van der Waals surface area (Å²) in [7, 11) is -1.04. The lowest BCUT2D eigenvalue weighted by Gasteiger charge is -2.12. The van der Waals surface area contributed by atoms with Crippen LogP contribution in [0.4, 0.5) is 0 Å². The first kappa shape index (κ1) is 13.5. The van der Waals surface area contributed by atoms with Crippen molar-refractivity contribution in [2.24, 2.45) is 0 Å². The Labute approximate surface area is 129 Å². The molecule has 0 saturated heterocycles. The number of fused-ring (bicyclic) bond motifs is 1. The van der Waals surface area contributed by atoms with E-state index < -0.39 is 10.8 Å². The number of hydrogen-bond donors (Lipinski definition) is 0. The van der Waals surface area contributed by atoms with Crippen LogP contribution in [0.1, 0.15) is 0 Å². The molecule has 3 heteroatoms. The third kappa shape index (κ3) is 2.32. The largest absolute Gasteiger partial charge is 0.255 e. The molecular weight excluding hydrogens is 332 g/mol. The van der Waals surface area contributed by atoms with Gasteiger partial charge in [-0.05, 0) is 43.9 Å². The Hall–Kier alpha value is -1.45. The Morgan fingerprint density at radius 1 is 0.850 bits per heavy atom. The molecule has 0 spiro atoms. The second-order valence-corrected chi connectivity index (χ2v) is 6.77. The number of rotatable bonds is 2. The molecule has 100 valence electrons. The smallest absolute Gasteiger partial charge is 0.0605 e. The van der Waals surface area contributed by atoms with Crippen LogP contribution in [0.25, 0.3) is 21.9 Å². The van der Waals surface area contributed by atoms with E-state index in [1.54, 1.807) is 6.26 Å². The molecule has 0 aromatic heterocycles. The predicted octanol–water partition coefficient (Wildman–Crippen LogP) is 5.01. The quantitative estimate of drug-likeness (QED) is 0.638. The molecule has 1 unspecified atom stereocenters. The fourth-order valence-electron chi connectivity index (χ4n) is 2.47. The molecule has 0 aliphatic rings. The lowest BCUT2D eigenvalue weighted by molar-refractivity contribution is 0.686. The van der Waals surface area contributed by atoms with E-state index in [4.69, 9.17) is 0 Å². The van der Waals surface area contributed by atoms with Crippen LogP contribution in [-0.2, 0) is 10.8 Å². The summed E-state index contributed by atoms with van der Waals surface area (Å²) in [4.78, 5) is 0.851. The molecule has 0 bridgehead atoms. The maximum atomic E-state index is 12.1. The van der Waals surface area contributed by atoms with E-state index in [9.17, 15) is 4.21 Å². The summed E-state index contributed by atoms with van der Waals surface area (Å²) < 4.78 is 13.0. The highest BCUT2D eigenvalue weighted by Gasteiger charge is 2.13. The van der Waals surface area contributed by atoms with E-state index in [0.29, 0.717) is 0 Å². The van der Waals surface area contributed by atoms with Crippen LogP contribution >= 0.6 is 15.9 Å². The van der Waals surface area contributed by atoms with Gasteiger partial charge in [-0.15, -0.1) is 0 Å². The Balaban J connectivity index is 2.37. The van der Waals surface area contributed by atoms with Crippen LogP contribution < -0.4 is 0 Å². The third-order valence-corrected chi connectivity index (χ3v) is 5.27. The fraction of sp³-hybridized carbons (Fsp3) is 0.0588. The van der Waals surface area contributed by atoms with E-state index in [2.05, 4.69) is 40.2 Å². The summed E-state index contributed by atoms with van der Waals surface area (Å²) in [5.74, 6) is 0. The van der Waals surface area contributed by atoms with Gasteiger partial charge < -0.3 is 0 Å². The van der Waals surface area contributed by atoms with E-state index in [1.807, 2.05) is 36.4 Å². The van der Waals surface area contributed by atoms with Gasteiger partial charge in [0, 0.05) is 10.7 Å². The molecule has 3 aromatic rings. The number of benzene rings is 3. The zero-order valence-electron chi connectivity index (χ0n) is 11.0. The minimum atomic E-state index is -1.04. The Morgan fingerprint density at radius 3 is 2.30 bits per heavy atom. The first-order chi connectivity index (χ1) is 9.68. The van der Waals surface area contributed by atoms with Crippen molar-refractivity contribution >= 4 is 37.5 Å². The molecule has 3 rings (SSSR count). The second-order valence-electron chi connectivity index (χ2n) is 4.60. The molecule has 0 aliphatic heterocycles. The minimum Gasteiger partial charge on any atom is -0.255 e. The molecule has 3 aromatic carbocycles. The Morgan fingerprint density at radius 2 is 1.50 bits per heavy atom. The van der Waals surface area contributed by atoms with E-state index in [-0.39, 0.29) is 0 Å². The van der Waals surface area contributed by atoms with Gasteiger partial charge in [0.2, 0.25) is 0 Å². The standard InChI is InChI=1S/C17H13BrOS/c1-20(19)17-15(10-5-11-16(17)18)14-9-4-7-12-6-2-3-8-13(12)14/h2-11H,1H3. The predicted molar refractivity (Wildman–Crippen MR) is 89.4 cm³/mol. The summed E-state index contributed by atoms with van der Waals surface area (Å²) >= 11 is 3.52. The maximum Gasteiger partial charge on any atom is 0.0605 e. The first-order valence-corrected chi connectivity index (χ1v) is 8.63. The van der Waals surface area contributed by atoms with Crippen LogP contribution in [0.5, 0.6) is 0 Å². The number of hydrogen-bond acceptors (Lipinski definition) is 1. The summed E-state index contributed by atoms with van der Waals surface area (Å²) in [6.45, 7) is 0. The van der Waals surface area contributed by atoms with E-state index in [0.717, 1.165) is 20.5 Å². The van der Waals surface area contributed by atoms with E-state index in [1.165, 1.54) is 10.8 Å². The molecule has 1 nitrogen and oxygen atoms in total. The lowest BCUT2D eigenvalue weighted by atomic mass is 9.98. The normalized spacial score (nSPS) is 12.5. The lowest BCUT2D eigenvalue weighted by Crippen LogP contribution is -1.94. The highest BCUT2D eigenvalue weighted by molar-refractivity contribution is 9.10. The molecule has 0 saturated carbocycles. The van der Waals surface area contributed by atoms with Gasteiger partial charge in [0.1, 0.15) is 0 Å². The van der Waals surface area contributed by atoms with Crippen LogP contribution in [0.3, 0.4) is 0 Å². The molecule has 0 heterocycles. The van der Waals surface area contributed by atoms with Gasteiger partial charge in [-0.2, -0.15) is 0 Å². The van der Waals surface area contributed by atoms with E-state index >= 15 is 0 Å². The van der Waals surface area contributed by atoms with Crippen molar-refractivity contribution < 1.29 is 4.21 Å². The molecule has 1 atom stereocenters. The van der Waals surface area contributed by atoms with Gasteiger partial charge in [0.25, 0.3) is 0 Å². The summed E-state index contributed by atoms with van der Waals surface area (Å²) in [6.07, 6.45) is 1.72. The van der Waals surface area contributed by atoms with Gasteiger partial charge in [-0.25, -0.2) is 0 Å². The minimum absolute atomic E-state index is 0.851. The molecular formula is C17H13BrOS. The summed E-state index contributed by atoms with van der Waals surface area (Å²) in [6, 6.07) is 20.4. The van der Waals surface area contributed by atoms with Crippen LogP contribution in [0.2, 0.25) is 0 Å². The van der Waals surface area contributed by atoms with Crippen LogP contribution in [0, 0.1) is 0 Å². The van der Waals surface area contributed by atoms with Gasteiger partial charge in [-0.1, -0.05) is 54.6 Å². The average Bonchev–Trinajstić information content (AvgIpc) is 2.46. The van der Waals surface area contributed by atoms with Crippen molar-refractivity contribution in [1.82, 2.24) is 0 Å². The van der Waals surface area contributed by atoms with Crippen molar-refractivity contribution in [1.29, 1.82) is 0 Å². The van der Waals surface area contributed by atoms with Gasteiger partial charge in [0.15, 0.2) is 0 Å². The summed E-state index contributed by atoms with van der Waals surface area (Å²) in [5.41, 5.74) is 2.15. The molecule has 0 aliphatic carbocycles. The summed E-state index contributed by atoms with van der Waals surface area (Å²) in [5, 5.41) is 2.37. The number of halogens is 1. The molecule has 0 radical (unpaired) electrons. The Bertz CT molecular complexity index is 806. The molecule has 20 heavy (non-hydrogen) atoms. The van der Waals surface area contributed by atoms with Crippen LogP contribution in [0.15, 0.2) is 70.0 Å². The molecule has 0 N–H and O–H groups in total. The zero-order chi connectivity index (χ0) is 14.1. The highest BCUT2D eigenvalue weighted by Crippen LogP contribution is 2.35. The average molecular weight is 345 g/mol. The topological polar surface area (TPSA) is 17.1 Å². The third-order valence-electron chi connectivity index (χ3n) is 3.33. The molecule has 0 amide bonds.